The Kier molecular flexibility index (Phi) is 1.67. The summed E-state index contributed by atoms with van der Waals surface area (Å²) in [6.07, 6.45) is 7.34. The van der Waals surface area contributed by atoms with Crippen molar-refractivity contribution in [1.82, 2.24) is 0 Å². The summed E-state index contributed by atoms with van der Waals surface area (Å²) in [7, 11) is 0. The molecule has 2 rings (SSSR count). The molecule has 12 heavy (non-hydrogen) atoms. The zero-order valence-electron chi connectivity index (χ0n) is 6.49. The molecule has 0 radical (unpaired) electrons. The van der Waals surface area contributed by atoms with Gasteiger partial charge < -0.3 is 4.42 Å². The normalized spacial score (nSPS) is 16.3. The van der Waals surface area contributed by atoms with Gasteiger partial charge in [-0.3, -0.25) is 4.79 Å². The number of carbonyl (C=O) groups excluding carboxylic acids is 1. The van der Waals surface area contributed by atoms with E-state index in [1.807, 2.05) is 18.2 Å². The number of rotatable bonds is 1. The summed E-state index contributed by atoms with van der Waals surface area (Å²) in [6, 6.07) is 3.71. The lowest BCUT2D eigenvalue weighted by molar-refractivity contribution is -0.113. The van der Waals surface area contributed by atoms with Crippen LogP contribution in [0.5, 0.6) is 0 Å². The second kappa shape index (κ2) is 2.81. The molecule has 60 valence electrons. The van der Waals surface area contributed by atoms with Crippen LogP contribution in [-0.4, -0.2) is 5.78 Å². The van der Waals surface area contributed by atoms with Gasteiger partial charge in [0.1, 0.15) is 5.76 Å². The molecule has 1 aliphatic carbocycles. The van der Waals surface area contributed by atoms with Crippen molar-refractivity contribution in [2.24, 2.45) is 0 Å². The largest absolute Gasteiger partial charge is 0.464 e. The van der Waals surface area contributed by atoms with Gasteiger partial charge in [0.05, 0.1) is 6.26 Å². The minimum Gasteiger partial charge on any atom is -0.464 e. The van der Waals surface area contributed by atoms with Gasteiger partial charge in [-0.15, -0.1) is 0 Å². The van der Waals surface area contributed by atoms with Crippen LogP contribution in [-0.2, 0) is 4.79 Å². The minimum absolute atomic E-state index is 0.144. The summed E-state index contributed by atoms with van der Waals surface area (Å²) in [5.74, 6) is 0.962. The molecule has 0 fully saturated rings. The third-order valence-corrected chi connectivity index (χ3v) is 1.78. The molecule has 0 saturated heterocycles. The van der Waals surface area contributed by atoms with Crippen molar-refractivity contribution in [3.8, 4) is 0 Å². The average Bonchev–Trinajstić information content (AvgIpc) is 2.58. The van der Waals surface area contributed by atoms with Gasteiger partial charge in [0.25, 0.3) is 0 Å². The van der Waals surface area contributed by atoms with E-state index in [2.05, 4.69) is 0 Å². The van der Waals surface area contributed by atoms with Gasteiger partial charge in [0.15, 0.2) is 5.78 Å². The van der Waals surface area contributed by atoms with Crippen molar-refractivity contribution in [1.29, 1.82) is 0 Å². The molecule has 1 aromatic rings. The summed E-state index contributed by atoms with van der Waals surface area (Å²) < 4.78 is 5.18. The first-order chi connectivity index (χ1) is 5.86. The molecule has 0 spiro atoms. The Hall–Kier alpha value is -1.57. The quantitative estimate of drug-likeness (QED) is 0.630. The third-order valence-electron chi connectivity index (χ3n) is 1.78. The topological polar surface area (TPSA) is 30.2 Å². The Morgan fingerprint density at radius 2 is 2.25 bits per heavy atom. The van der Waals surface area contributed by atoms with Crippen LogP contribution in [0.2, 0.25) is 0 Å². The van der Waals surface area contributed by atoms with Crippen LogP contribution in [0.15, 0.2) is 41.0 Å². The molecule has 0 amide bonds. The SMILES string of the molecule is O=C1C=CC(c2ccco2)=CC1. The van der Waals surface area contributed by atoms with Crippen LogP contribution >= 0.6 is 0 Å². The predicted molar refractivity (Wildman–Crippen MR) is 45.4 cm³/mol. The van der Waals surface area contributed by atoms with Crippen molar-refractivity contribution in [2.75, 3.05) is 0 Å². The Morgan fingerprint density at radius 1 is 1.33 bits per heavy atom. The zero-order chi connectivity index (χ0) is 8.39. The van der Waals surface area contributed by atoms with E-state index >= 15 is 0 Å². The molecule has 1 aliphatic rings. The van der Waals surface area contributed by atoms with E-state index in [1.54, 1.807) is 18.4 Å². The molecule has 2 nitrogen and oxygen atoms in total. The third kappa shape index (κ3) is 1.23. The average molecular weight is 160 g/mol. The number of allylic oxidation sites excluding steroid dienone is 4. The lowest BCUT2D eigenvalue weighted by atomic mass is 10.0. The lowest BCUT2D eigenvalue weighted by Crippen LogP contribution is -1.95. The Bertz CT molecular complexity index is 342. The summed E-state index contributed by atoms with van der Waals surface area (Å²) in [5.41, 5.74) is 0.986. The van der Waals surface area contributed by atoms with E-state index < -0.39 is 0 Å². The number of hydrogen-bond donors (Lipinski definition) is 0. The fraction of sp³-hybridized carbons (Fsp3) is 0.100. The number of carbonyl (C=O) groups is 1. The summed E-state index contributed by atoms with van der Waals surface area (Å²) in [5, 5.41) is 0. The Labute approximate surface area is 70.2 Å². The minimum atomic E-state index is 0.144. The first-order valence-corrected chi connectivity index (χ1v) is 3.81. The van der Waals surface area contributed by atoms with Gasteiger partial charge >= 0.3 is 0 Å². The Morgan fingerprint density at radius 3 is 2.83 bits per heavy atom. The molecule has 1 aromatic heterocycles. The monoisotopic (exact) mass is 160 g/mol. The van der Waals surface area contributed by atoms with E-state index in [-0.39, 0.29) is 5.78 Å². The van der Waals surface area contributed by atoms with Crippen LogP contribution < -0.4 is 0 Å². The van der Waals surface area contributed by atoms with Gasteiger partial charge in [-0.2, -0.15) is 0 Å². The molecule has 0 N–H and O–H groups in total. The first kappa shape index (κ1) is 7.10. The van der Waals surface area contributed by atoms with Crippen molar-refractivity contribution in [3.05, 3.63) is 42.4 Å². The lowest BCUT2D eigenvalue weighted by Gasteiger charge is -2.01. The standard InChI is InChI=1S/C10H8O2/c11-9-5-3-8(4-6-9)10-2-1-7-12-10/h1-5,7H,6H2. The van der Waals surface area contributed by atoms with Crippen LogP contribution in [0, 0.1) is 0 Å². The Balaban J connectivity index is 2.28. The summed E-state index contributed by atoms with van der Waals surface area (Å²) in [4.78, 5) is 10.8. The van der Waals surface area contributed by atoms with E-state index in [1.165, 1.54) is 0 Å². The second-order valence-electron chi connectivity index (χ2n) is 2.64. The van der Waals surface area contributed by atoms with Crippen LogP contribution in [0.1, 0.15) is 12.2 Å². The van der Waals surface area contributed by atoms with Crippen LogP contribution in [0.25, 0.3) is 5.57 Å². The molecule has 0 unspecified atom stereocenters. The van der Waals surface area contributed by atoms with E-state index in [0.717, 1.165) is 11.3 Å². The van der Waals surface area contributed by atoms with Crippen molar-refractivity contribution in [2.45, 2.75) is 6.42 Å². The highest BCUT2D eigenvalue weighted by Gasteiger charge is 2.06. The number of furan rings is 1. The molecular formula is C10H8O2. The molecule has 0 aliphatic heterocycles. The first-order valence-electron chi connectivity index (χ1n) is 3.81. The zero-order valence-corrected chi connectivity index (χ0v) is 6.49. The smallest absolute Gasteiger partial charge is 0.159 e. The molecule has 0 atom stereocenters. The molecule has 2 heteroatoms. The fourth-order valence-corrected chi connectivity index (χ4v) is 1.15. The fourth-order valence-electron chi connectivity index (χ4n) is 1.15. The van der Waals surface area contributed by atoms with Gasteiger partial charge in [-0.25, -0.2) is 0 Å². The molecule has 0 aromatic carbocycles. The molecular weight excluding hydrogens is 152 g/mol. The highest BCUT2D eigenvalue weighted by atomic mass is 16.3. The summed E-state index contributed by atoms with van der Waals surface area (Å²) >= 11 is 0. The van der Waals surface area contributed by atoms with Gasteiger partial charge in [0, 0.05) is 12.0 Å². The van der Waals surface area contributed by atoms with E-state index in [0.29, 0.717) is 6.42 Å². The van der Waals surface area contributed by atoms with Crippen LogP contribution in [0.4, 0.5) is 0 Å². The van der Waals surface area contributed by atoms with E-state index in [4.69, 9.17) is 4.42 Å². The van der Waals surface area contributed by atoms with Crippen molar-refractivity contribution >= 4 is 11.4 Å². The van der Waals surface area contributed by atoms with Crippen molar-refractivity contribution < 1.29 is 9.21 Å². The maximum absolute atomic E-state index is 10.8. The maximum Gasteiger partial charge on any atom is 0.159 e. The summed E-state index contributed by atoms with van der Waals surface area (Å²) in [6.45, 7) is 0. The predicted octanol–water partition coefficient (Wildman–Crippen LogP) is 2.19. The maximum atomic E-state index is 10.8. The molecule has 0 saturated carbocycles. The second-order valence-corrected chi connectivity index (χ2v) is 2.64. The highest BCUT2D eigenvalue weighted by molar-refractivity contribution is 5.97. The van der Waals surface area contributed by atoms with Gasteiger partial charge in [-0.05, 0) is 24.3 Å². The number of hydrogen-bond acceptors (Lipinski definition) is 2. The van der Waals surface area contributed by atoms with Crippen LogP contribution in [0.3, 0.4) is 0 Å². The molecule has 0 bridgehead atoms. The van der Waals surface area contributed by atoms with Gasteiger partial charge in [-0.1, -0.05) is 6.08 Å². The van der Waals surface area contributed by atoms with Crippen molar-refractivity contribution in [3.63, 3.8) is 0 Å². The van der Waals surface area contributed by atoms with E-state index in [9.17, 15) is 4.79 Å². The van der Waals surface area contributed by atoms with Gasteiger partial charge in [0.2, 0.25) is 0 Å². The number of ketones is 1. The highest BCUT2D eigenvalue weighted by Crippen LogP contribution is 2.19. The molecule has 1 heterocycles.